The standard InChI is InChI=1S/C15H20BN3O3/c1-15(2,3)14-18-13(22-19-14)8-17-7-10-4-5-12-11(6-10)9-21-16(12)20/h4-6,17,20H,7-9H2,1-3H3. The molecule has 0 fully saturated rings. The second kappa shape index (κ2) is 5.83. The average Bonchev–Trinajstić information content (AvgIpc) is 3.06. The van der Waals surface area contributed by atoms with Crippen LogP contribution in [-0.4, -0.2) is 22.3 Å². The molecule has 0 spiro atoms. The van der Waals surface area contributed by atoms with Gasteiger partial charge < -0.3 is 19.5 Å². The molecule has 22 heavy (non-hydrogen) atoms. The second-order valence-corrected chi connectivity index (χ2v) is 6.56. The molecule has 3 rings (SSSR count). The zero-order valence-electron chi connectivity index (χ0n) is 13.1. The molecule has 0 saturated carbocycles. The molecule has 0 bridgehead atoms. The van der Waals surface area contributed by atoms with Gasteiger partial charge >= 0.3 is 7.12 Å². The first-order chi connectivity index (χ1) is 10.4. The third-order valence-electron chi connectivity index (χ3n) is 3.61. The number of nitrogens with one attached hydrogen (secondary N) is 1. The minimum absolute atomic E-state index is 0.109. The largest absolute Gasteiger partial charge is 0.491 e. The van der Waals surface area contributed by atoms with E-state index in [1.54, 1.807) is 0 Å². The maximum atomic E-state index is 9.60. The van der Waals surface area contributed by atoms with E-state index in [0.717, 1.165) is 16.6 Å². The smallest absolute Gasteiger partial charge is 0.423 e. The first-order valence-electron chi connectivity index (χ1n) is 7.38. The van der Waals surface area contributed by atoms with Gasteiger partial charge in [-0.2, -0.15) is 4.98 Å². The second-order valence-electron chi connectivity index (χ2n) is 6.56. The lowest BCUT2D eigenvalue weighted by atomic mass is 9.79. The van der Waals surface area contributed by atoms with Crippen LogP contribution in [0.15, 0.2) is 22.7 Å². The third-order valence-corrected chi connectivity index (χ3v) is 3.61. The summed E-state index contributed by atoms with van der Waals surface area (Å²) in [5.74, 6) is 1.30. The lowest BCUT2D eigenvalue weighted by Gasteiger charge is -2.10. The van der Waals surface area contributed by atoms with Crippen LogP contribution in [0.2, 0.25) is 0 Å². The molecule has 1 aliphatic rings. The maximum Gasteiger partial charge on any atom is 0.491 e. The van der Waals surface area contributed by atoms with Gasteiger partial charge in [0.05, 0.1) is 13.2 Å². The van der Waals surface area contributed by atoms with Crippen molar-refractivity contribution in [1.82, 2.24) is 15.5 Å². The zero-order valence-corrected chi connectivity index (χ0v) is 13.1. The molecule has 0 radical (unpaired) electrons. The fraction of sp³-hybridized carbons (Fsp3) is 0.467. The molecule has 116 valence electrons. The highest BCUT2D eigenvalue weighted by Crippen LogP contribution is 2.18. The Kier molecular flexibility index (Phi) is 4.03. The molecule has 0 unspecified atom stereocenters. The molecule has 0 saturated heterocycles. The van der Waals surface area contributed by atoms with E-state index >= 15 is 0 Å². The highest BCUT2D eigenvalue weighted by atomic mass is 16.5. The van der Waals surface area contributed by atoms with Crippen LogP contribution in [0.4, 0.5) is 0 Å². The average molecular weight is 301 g/mol. The molecule has 0 amide bonds. The summed E-state index contributed by atoms with van der Waals surface area (Å²) in [6.07, 6.45) is 0. The van der Waals surface area contributed by atoms with Crippen LogP contribution in [0, 0.1) is 0 Å². The van der Waals surface area contributed by atoms with Crippen molar-refractivity contribution in [3.8, 4) is 0 Å². The molecular weight excluding hydrogens is 281 g/mol. The number of hydrogen-bond acceptors (Lipinski definition) is 6. The van der Waals surface area contributed by atoms with E-state index in [4.69, 9.17) is 9.18 Å². The minimum atomic E-state index is -0.786. The Labute approximate surface area is 130 Å². The number of aromatic nitrogens is 2. The summed E-state index contributed by atoms with van der Waals surface area (Å²) in [4.78, 5) is 4.39. The SMILES string of the molecule is CC(C)(C)c1noc(CNCc2ccc3c(c2)COB3O)n1. The summed E-state index contributed by atoms with van der Waals surface area (Å²) in [5, 5.41) is 16.9. The summed E-state index contributed by atoms with van der Waals surface area (Å²) in [6.45, 7) is 7.83. The van der Waals surface area contributed by atoms with E-state index in [-0.39, 0.29) is 5.41 Å². The van der Waals surface area contributed by atoms with Crippen molar-refractivity contribution >= 4 is 12.6 Å². The van der Waals surface area contributed by atoms with Crippen LogP contribution in [0.5, 0.6) is 0 Å². The van der Waals surface area contributed by atoms with Gasteiger partial charge in [0.2, 0.25) is 5.89 Å². The van der Waals surface area contributed by atoms with Gasteiger partial charge in [-0.25, -0.2) is 0 Å². The fourth-order valence-corrected chi connectivity index (χ4v) is 2.34. The maximum absolute atomic E-state index is 9.60. The van der Waals surface area contributed by atoms with Crippen molar-refractivity contribution in [1.29, 1.82) is 0 Å². The summed E-state index contributed by atoms with van der Waals surface area (Å²) in [7, 11) is -0.786. The molecule has 0 atom stereocenters. The molecule has 0 aliphatic carbocycles. The van der Waals surface area contributed by atoms with Gasteiger partial charge in [0, 0.05) is 12.0 Å². The molecule has 6 nitrogen and oxygen atoms in total. The Balaban J connectivity index is 1.56. The molecule has 1 aliphatic heterocycles. The Bertz CT molecular complexity index is 666. The molecule has 2 N–H and O–H groups in total. The Hall–Kier alpha value is -1.70. The molecule has 1 aromatic carbocycles. The van der Waals surface area contributed by atoms with Gasteiger partial charge in [0.15, 0.2) is 5.82 Å². The third kappa shape index (κ3) is 3.21. The van der Waals surface area contributed by atoms with Crippen molar-refractivity contribution in [3.63, 3.8) is 0 Å². The van der Waals surface area contributed by atoms with Crippen LogP contribution in [0.3, 0.4) is 0 Å². The number of benzene rings is 1. The topological polar surface area (TPSA) is 80.4 Å². The van der Waals surface area contributed by atoms with E-state index < -0.39 is 7.12 Å². The van der Waals surface area contributed by atoms with Crippen molar-refractivity contribution in [2.45, 2.75) is 45.9 Å². The Morgan fingerprint density at radius 2 is 2.14 bits per heavy atom. The predicted octanol–water partition coefficient (Wildman–Crippen LogP) is 0.875. The Morgan fingerprint density at radius 1 is 1.32 bits per heavy atom. The van der Waals surface area contributed by atoms with E-state index in [2.05, 4.69) is 36.2 Å². The van der Waals surface area contributed by atoms with E-state index in [1.165, 1.54) is 0 Å². The lowest BCUT2D eigenvalue weighted by Crippen LogP contribution is -2.28. The zero-order chi connectivity index (χ0) is 15.7. The Morgan fingerprint density at radius 3 is 2.86 bits per heavy atom. The van der Waals surface area contributed by atoms with Crippen LogP contribution in [-0.2, 0) is 29.8 Å². The van der Waals surface area contributed by atoms with E-state index in [0.29, 0.717) is 31.4 Å². The number of rotatable bonds is 4. The number of fused-ring (bicyclic) bond motifs is 1. The van der Waals surface area contributed by atoms with Gasteiger partial charge in [0.25, 0.3) is 0 Å². The van der Waals surface area contributed by atoms with Crippen molar-refractivity contribution < 1.29 is 14.2 Å². The summed E-state index contributed by atoms with van der Waals surface area (Å²) >= 11 is 0. The number of nitrogens with zero attached hydrogens (tertiary/aromatic N) is 2. The van der Waals surface area contributed by atoms with Gasteiger partial charge in [-0.1, -0.05) is 44.1 Å². The molecular formula is C15H20BN3O3. The van der Waals surface area contributed by atoms with Crippen molar-refractivity contribution in [3.05, 3.63) is 41.0 Å². The van der Waals surface area contributed by atoms with Crippen molar-refractivity contribution in [2.75, 3.05) is 0 Å². The quantitative estimate of drug-likeness (QED) is 0.816. The summed E-state index contributed by atoms with van der Waals surface area (Å²) in [5.41, 5.74) is 2.92. The normalized spacial score (nSPS) is 14.5. The van der Waals surface area contributed by atoms with E-state index in [1.807, 2.05) is 18.2 Å². The van der Waals surface area contributed by atoms with E-state index in [9.17, 15) is 5.02 Å². The van der Waals surface area contributed by atoms with Crippen LogP contribution in [0.25, 0.3) is 0 Å². The van der Waals surface area contributed by atoms with Gasteiger partial charge in [-0.15, -0.1) is 0 Å². The highest BCUT2D eigenvalue weighted by molar-refractivity contribution is 6.61. The minimum Gasteiger partial charge on any atom is -0.423 e. The molecule has 1 aromatic heterocycles. The molecule has 7 heteroatoms. The molecule has 2 aromatic rings. The van der Waals surface area contributed by atoms with Gasteiger partial charge in [-0.05, 0) is 16.6 Å². The highest BCUT2D eigenvalue weighted by Gasteiger charge is 2.26. The van der Waals surface area contributed by atoms with Crippen molar-refractivity contribution in [2.24, 2.45) is 0 Å². The first-order valence-corrected chi connectivity index (χ1v) is 7.38. The van der Waals surface area contributed by atoms with Gasteiger partial charge in [-0.3, -0.25) is 0 Å². The number of hydrogen-bond donors (Lipinski definition) is 2. The lowest BCUT2D eigenvalue weighted by molar-refractivity contribution is 0.275. The summed E-state index contributed by atoms with van der Waals surface area (Å²) < 4.78 is 10.4. The first kappa shape index (κ1) is 15.2. The van der Waals surface area contributed by atoms with Crippen LogP contribution < -0.4 is 10.8 Å². The van der Waals surface area contributed by atoms with Gasteiger partial charge in [0.1, 0.15) is 0 Å². The molecule has 2 heterocycles. The van der Waals surface area contributed by atoms with Crippen LogP contribution >= 0.6 is 0 Å². The monoisotopic (exact) mass is 301 g/mol. The predicted molar refractivity (Wildman–Crippen MR) is 82.4 cm³/mol. The van der Waals surface area contributed by atoms with Crippen LogP contribution in [0.1, 0.15) is 43.6 Å². The fourth-order valence-electron chi connectivity index (χ4n) is 2.34. The summed E-state index contributed by atoms with van der Waals surface area (Å²) in [6, 6.07) is 5.94.